The molecule has 8 heteroatoms. The summed E-state index contributed by atoms with van der Waals surface area (Å²) in [6.07, 6.45) is 1.00. The zero-order chi connectivity index (χ0) is 19.8. The van der Waals surface area contributed by atoms with E-state index in [1.807, 2.05) is 24.3 Å². The number of benzene rings is 2. The predicted octanol–water partition coefficient (Wildman–Crippen LogP) is 4.67. The van der Waals surface area contributed by atoms with E-state index >= 15 is 0 Å². The fourth-order valence-electron chi connectivity index (χ4n) is 3.17. The van der Waals surface area contributed by atoms with Crippen LogP contribution in [0.1, 0.15) is 11.3 Å². The van der Waals surface area contributed by atoms with Gasteiger partial charge in [0.05, 0.1) is 25.5 Å². The molecule has 0 saturated carbocycles. The monoisotopic (exact) mass is 469 g/mol. The number of hydrogen-bond acceptors (Lipinski definition) is 6. The van der Waals surface area contributed by atoms with Gasteiger partial charge in [0.15, 0.2) is 11.5 Å². The van der Waals surface area contributed by atoms with Crippen molar-refractivity contribution in [2.24, 2.45) is 5.73 Å². The Kier molecular flexibility index (Phi) is 11.8. The van der Waals surface area contributed by atoms with Gasteiger partial charge in [-0.3, -0.25) is 4.90 Å². The first-order chi connectivity index (χ1) is 13.7. The minimum absolute atomic E-state index is 0. The molecule has 0 atom stereocenters. The van der Waals surface area contributed by atoms with E-state index in [0.717, 1.165) is 42.3 Å². The number of rotatable bonds is 10. The van der Waals surface area contributed by atoms with Crippen molar-refractivity contribution in [2.75, 3.05) is 33.9 Å². The number of ether oxygens (including phenoxy) is 2. The number of nitrogens with zero attached hydrogens (tertiary/aromatic N) is 2. The molecular formula is C22H29Cl2N3O2S. The van der Waals surface area contributed by atoms with Crippen LogP contribution in [0.4, 0.5) is 0 Å². The van der Waals surface area contributed by atoms with E-state index in [4.69, 9.17) is 20.2 Å². The molecule has 0 aliphatic rings. The summed E-state index contributed by atoms with van der Waals surface area (Å²) in [6.45, 7) is 3.22. The molecule has 0 aliphatic heterocycles. The molecule has 1 heterocycles. The molecule has 0 spiro atoms. The quantitative estimate of drug-likeness (QED) is 0.467. The summed E-state index contributed by atoms with van der Waals surface area (Å²) >= 11 is 1.62. The Balaban J connectivity index is 0.00000225. The molecule has 5 nitrogen and oxygen atoms in total. The van der Waals surface area contributed by atoms with Gasteiger partial charge < -0.3 is 15.2 Å². The van der Waals surface area contributed by atoms with Gasteiger partial charge in [0.2, 0.25) is 0 Å². The lowest BCUT2D eigenvalue weighted by atomic mass is 10.1. The second-order valence-electron chi connectivity index (χ2n) is 6.49. The maximum Gasteiger partial charge on any atom is 0.170 e. The van der Waals surface area contributed by atoms with Crippen LogP contribution < -0.4 is 15.2 Å². The molecule has 3 aromatic rings. The highest BCUT2D eigenvalue weighted by Crippen LogP contribution is 2.39. The third kappa shape index (κ3) is 6.86. The molecular weight excluding hydrogens is 441 g/mol. The first kappa shape index (κ1) is 26.2. The number of hydrogen-bond donors (Lipinski definition) is 1. The molecule has 0 saturated heterocycles. The fraction of sp³-hybridized carbons (Fsp3) is 0.318. The van der Waals surface area contributed by atoms with E-state index in [0.29, 0.717) is 18.0 Å². The Labute approximate surface area is 195 Å². The van der Waals surface area contributed by atoms with Gasteiger partial charge in [-0.15, -0.1) is 36.2 Å². The van der Waals surface area contributed by atoms with Crippen molar-refractivity contribution in [3.8, 4) is 22.1 Å². The van der Waals surface area contributed by atoms with Crippen molar-refractivity contribution < 1.29 is 9.47 Å². The molecule has 0 aliphatic carbocycles. The fourth-order valence-corrected chi connectivity index (χ4v) is 4.00. The molecule has 2 N–H and O–H groups in total. The Morgan fingerprint density at radius 1 is 0.967 bits per heavy atom. The Bertz CT molecular complexity index is 878. The van der Waals surface area contributed by atoms with Crippen LogP contribution in [-0.2, 0) is 13.0 Å². The predicted molar refractivity (Wildman–Crippen MR) is 130 cm³/mol. The van der Waals surface area contributed by atoms with Crippen LogP contribution in [0.15, 0.2) is 53.9 Å². The third-order valence-electron chi connectivity index (χ3n) is 4.58. The van der Waals surface area contributed by atoms with Crippen LogP contribution in [-0.4, -0.2) is 43.7 Å². The lowest BCUT2D eigenvalue weighted by molar-refractivity contribution is 0.274. The standard InChI is InChI=1S/C22H27N3O2S.2ClH/c1-26-20-10-6-9-19(21(20)27-2)22-24-18(16-28-22)15-25(14-12-23)13-11-17-7-4-3-5-8-17;;/h3-10,16H,11-15,23H2,1-2H3;2*1H. The normalized spacial score (nSPS) is 10.3. The second kappa shape index (κ2) is 13.5. The van der Waals surface area contributed by atoms with E-state index in [-0.39, 0.29) is 24.8 Å². The van der Waals surface area contributed by atoms with E-state index in [1.165, 1.54) is 5.56 Å². The smallest absolute Gasteiger partial charge is 0.170 e. The van der Waals surface area contributed by atoms with Crippen LogP contribution in [0, 0.1) is 0 Å². The molecule has 0 bridgehead atoms. The summed E-state index contributed by atoms with van der Waals surface area (Å²) in [5.41, 5.74) is 9.17. The summed E-state index contributed by atoms with van der Waals surface area (Å²) in [4.78, 5) is 7.20. The summed E-state index contributed by atoms with van der Waals surface area (Å²) in [5.74, 6) is 1.43. The molecule has 0 radical (unpaired) electrons. The summed E-state index contributed by atoms with van der Waals surface area (Å²) < 4.78 is 11.0. The minimum atomic E-state index is 0. The topological polar surface area (TPSA) is 60.6 Å². The molecule has 164 valence electrons. The molecule has 2 aromatic carbocycles. The largest absolute Gasteiger partial charge is 0.493 e. The van der Waals surface area contributed by atoms with Crippen LogP contribution >= 0.6 is 36.2 Å². The number of thiazole rings is 1. The molecule has 1 aromatic heterocycles. The molecule has 30 heavy (non-hydrogen) atoms. The van der Waals surface area contributed by atoms with E-state index in [9.17, 15) is 0 Å². The van der Waals surface area contributed by atoms with Gasteiger partial charge in [0.1, 0.15) is 5.01 Å². The number of methoxy groups -OCH3 is 2. The Hall–Kier alpha value is -1.83. The van der Waals surface area contributed by atoms with Gasteiger partial charge in [-0.1, -0.05) is 36.4 Å². The molecule has 0 amide bonds. The molecule has 0 fully saturated rings. The first-order valence-electron chi connectivity index (χ1n) is 9.37. The molecule has 3 rings (SSSR count). The van der Waals surface area contributed by atoms with Crippen molar-refractivity contribution in [1.29, 1.82) is 0 Å². The minimum Gasteiger partial charge on any atom is -0.493 e. The van der Waals surface area contributed by atoms with Crippen molar-refractivity contribution in [3.05, 3.63) is 65.2 Å². The highest BCUT2D eigenvalue weighted by atomic mass is 35.5. The molecule has 0 unspecified atom stereocenters. The van der Waals surface area contributed by atoms with Crippen LogP contribution in [0.2, 0.25) is 0 Å². The number of para-hydroxylation sites is 1. The maximum absolute atomic E-state index is 5.83. The van der Waals surface area contributed by atoms with E-state index < -0.39 is 0 Å². The average molecular weight is 470 g/mol. The van der Waals surface area contributed by atoms with Gasteiger partial charge in [0.25, 0.3) is 0 Å². The van der Waals surface area contributed by atoms with Gasteiger partial charge >= 0.3 is 0 Å². The third-order valence-corrected chi connectivity index (χ3v) is 5.50. The Morgan fingerprint density at radius 2 is 1.73 bits per heavy atom. The highest BCUT2D eigenvalue weighted by molar-refractivity contribution is 7.13. The number of aromatic nitrogens is 1. The first-order valence-corrected chi connectivity index (χ1v) is 10.2. The summed E-state index contributed by atoms with van der Waals surface area (Å²) in [6, 6.07) is 16.4. The number of nitrogens with two attached hydrogens (primary N) is 1. The van der Waals surface area contributed by atoms with Gasteiger partial charge in [-0.25, -0.2) is 4.98 Å². The SMILES string of the molecule is COc1cccc(-c2nc(CN(CCN)CCc3ccccc3)cs2)c1OC.Cl.Cl. The highest BCUT2D eigenvalue weighted by Gasteiger charge is 2.15. The lowest BCUT2D eigenvalue weighted by Gasteiger charge is -2.20. The Morgan fingerprint density at radius 3 is 2.40 bits per heavy atom. The van der Waals surface area contributed by atoms with Crippen molar-refractivity contribution in [2.45, 2.75) is 13.0 Å². The zero-order valence-electron chi connectivity index (χ0n) is 17.2. The summed E-state index contributed by atoms with van der Waals surface area (Å²) in [7, 11) is 3.30. The van der Waals surface area contributed by atoms with Crippen molar-refractivity contribution in [3.63, 3.8) is 0 Å². The maximum atomic E-state index is 5.83. The van der Waals surface area contributed by atoms with Crippen LogP contribution in [0.25, 0.3) is 10.6 Å². The van der Waals surface area contributed by atoms with Gasteiger partial charge in [-0.2, -0.15) is 0 Å². The average Bonchev–Trinajstić information content (AvgIpc) is 3.20. The van der Waals surface area contributed by atoms with Crippen molar-refractivity contribution in [1.82, 2.24) is 9.88 Å². The van der Waals surface area contributed by atoms with E-state index in [2.05, 4.69) is 34.5 Å². The zero-order valence-corrected chi connectivity index (χ0v) is 19.7. The van der Waals surface area contributed by atoms with Crippen molar-refractivity contribution >= 4 is 36.2 Å². The second-order valence-corrected chi connectivity index (χ2v) is 7.34. The van der Waals surface area contributed by atoms with Gasteiger partial charge in [0, 0.05) is 31.6 Å². The number of halogens is 2. The lowest BCUT2D eigenvalue weighted by Crippen LogP contribution is -2.31. The summed E-state index contributed by atoms with van der Waals surface area (Å²) in [5, 5.41) is 3.04. The van der Waals surface area contributed by atoms with Crippen LogP contribution in [0.3, 0.4) is 0 Å². The van der Waals surface area contributed by atoms with Crippen LogP contribution in [0.5, 0.6) is 11.5 Å². The van der Waals surface area contributed by atoms with E-state index in [1.54, 1.807) is 25.6 Å². The van der Waals surface area contributed by atoms with Gasteiger partial charge in [-0.05, 0) is 24.1 Å².